The van der Waals surface area contributed by atoms with Gasteiger partial charge >= 0.3 is 0 Å². The van der Waals surface area contributed by atoms with E-state index in [4.69, 9.17) is 4.42 Å². The first-order valence-electron chi connectivity index (χ1n) is 5.03. The summed E-state index contributed by atoms with van der Waals surface area (Å²) < 4.78 is 5.14. The van der Waals surface area contributed by atoms with Crippen LogP contribution in [0.3, 0.4) is 0 Å². The summed E-state index contributed by atoms with van der Waals surface area (Å²) in [6, 6.07) is 5.31. The van der Waals surface area contributed by atoms with Gasteiger partial charge in [-0.05, 0) is 32.0 Å². The van der Waals surface area contributed by atoms with E-state index in [-0.39, 0.29) is 12.2 Å². The van der Waals surface area contributed by atoms with Gasteiger partial charge in [0.1, 0.15) is 5.76 Å². The van der Waals surface area contributed by atoms with Crippen LogP contribution < -0.4 is 0 Å². The van der Waals surface area contributed by atoms with E-state index in [2.05, 4.69) is 10.2 Å². The predicted molar refractivity (Wildman–Crippen MR) is 58.2 cm³/mol. The second-order valence-electron chi connectivity index (χ2n) is 3.66. The van der Waals surface area contributed by atoms with E-state index < -0.39 is 0 Å². The fourth-order valence-corrected chi connectivity index (χ4v) is 1.50. The van der Waals surface area contributed by atoms with Gasteiger partial charge in [-0.3, -0.25) is 4.79 Å². The number of rotatable bonds is 3. The van der Waals surface area contributed by atoms with E-state index in [9.17, 15) is 4.79 Å². The van der Waals surface area contributed by atoms with Gasteiger partial charge in [-0.1, -0.05) is 0 Å². The largest absolute Gasteiger partial charge is 0.469 e. The fraction of sp³-hybridized carbons (Fsp3) is 0.250. The fourth-order valence-electron chi connectivity index (χ4n) is 1.50. The lowest BCUT2D eigenvalue weighted by atomic mass is 10.1. The average molecular weight is 216 g/mol. The van der Waals surface area contributed by atoms with Gasteiger partial charge in [0.25, 0.3) is 0 Å². The van der Waals surface area contributed by atoms with Crippen LogP contribution in [-0.4, -0.2) is 16.0 Å². The summed E-state index contributed by atoms with van der Waals surface area (Å²) in [6.45, 7) is 3.60. The summed E-state index contributed by atoms with van der Waals surface area (Å²) >= 11 is 0. The van der Waals surface area contributed by atoms with E-state index in [0.29, 0.717) is 17.0 Å². The topological polar surface area (TPSA) is 56.0 Å². The first-order valence-corrected chi connectivity index (χ1v) is 5.03. The van der Waals surface area contributed by atoms with Crippen molar-refractivity contribution < 1.29 is 9.21 Å². The molecule has 0 fully saturated rings. The van der Waals surface area contributed by atoms with E-state index in [1.807, 2.05) is 6.92 Å². The highest BCUT2D eigenvalue weighted by molar-refractivity contribution is 5.98. The van der Waals surface area contributed by atoms with Crippen molar-refractivity contribution >= 4 is 5.78 Å². The van der Waals surface area contributed by atoms with Gasteiger partial charge < -0.3 is 4.42 Å². The van der Waals surface area contributed by atoms with Crippen LogP contribution in [0.25, 0.3) is 0 Å². The third-order valence-electron chi connectivity index (χ3n) is 2.32. The minimum absolute atomic E-state index is 0.00505. The van der Waals surface area contributed by atoms with Crippen molar-refractivity contribution in [3.63, 3.8) is 0 Å². The van der Waals surface area contributed by atoms with Crippen molar-refractivity contribution in [3.05, 3.63) is 47.2 Å². The van der Waals surface area contributed by atoms with Crippen LogP contribution in [0.15, 0.2) is 28.9 Å². The quantitative estimate of drug-likeness (QED) is 0.737. The second kappa shape index (κ2) is 4.26. The Bertz CT molecular complexity index is 504. The maximum Gasteiger partial charge on any atom is 0.172 e. The van der Waals surface area contributed by atoms with Gasteiger partial charge in [-0.2, -0.15) is 10.2 Å². The summed E-state index contributed by atoms with van der Waals surface area (Å²) in [7, 11) is 0. The Hall–Kier alpha value is -1.97. The lowest BCUT2D eigenvalue weighted by Crippen LogP contribution is -2.08. The third-order valence-corrected chi connectivity index (χ3v) is 2.32. The van der Waals surface area contributed by atoms with E-state index in [1.54, 1.807) is 31.4 Å². The summed E-state index contributed by atoms with van der Waals surface area (Å²) in [5, 5.41) is 7.82. The van der Waals surface area contributed by atoms with Crippen LogP contribution in [0.5, 0.6) is 0 Å². The number of nitrogens with zero attached hydrogens (tertiary/aromatic N) is 2. The molecule has 4 heteroatoms. The Morgan fingerprint density at radius 3 is 2.88 bits per heavy atom. The van der Waals surface area contributed by atoms with Gasteiger partial charge in [0.15, 0.2) is 5.78 Å². The molecule has 4 nitrogen and oxygen atoms in total. The molecule has 0 aliphatic heterocycles. The van der Waals surface area contributed by atoms with E-state index in [0.717, 1.165) is 5.69 Å². The highest BCUT2D eigenvalue weighted by atomic mass is 16.3. The smallest absolute Gasteiger partial charge is 0.172 e. The van der Waals surface area contributed by atoms with Crippen LogP contribution in [0, 0.1) is 13.8 Å². The predicted octanol–water partition coefficient (Wildman–Crippen LogP) is 2.11. The number of carbonyl (C=O) groups is 1. The van der Waals surface area contributed by atoms with Crippen molar-refractivity contribution in [2.75, 3.05) is 0 Å². The number of hydrogen-bond acceptors (Lipinski definition) is 4. The summed E-state index contributed by atoms with van der Waals surface area (Å²) in [5.41, 5.74) is 2.01. The van der Waals surface area contributed by atoms with Crippen LogP contribution >= 0.6 is 0 Å². The summed E-state index contributed by atoms with van der Waals surface area (Å²) in [6.07, 6.45) is 1.82. The van der Waals surface area contributed by atoms with Gasteiger partial charge in [0.05, 0.1) is 24.1 Å². The molecule has 0 aliphatic rings. The Morgan fingerprint density at radius 1 is 1.38 bits per heavy atom. The maximum atomic E-state index is 12.0. The zero-order chi connectivity index (χ0) is 11.5. The minimum Gasteiger partial charge on any atom is -0.469 e. The highest BCUT2D eigenvalue weighted by Gasteiger charge is 2.13. The van der Waals surface area contributed by atoms with E-state index >= 15 is 0 Å². The van der Waals surface area contributed by atoms with Crippen LogP contribution in [0.4, 0.5) is 0 Å². The molecule has 0 unspecified atom stereocenters. The van der Waals surface area contributed by atoms with Crippen LogP contribution in [0.1, 0.15) is 27.5 Å². The van der Waals surface area contributed by atoms with Gasteiger partial charge in [-0.25, -0.2) is 0 Å². The molecule has 2 rings (SSSR count). The molecule has 16 heavy (non-hydrogen) atoms. The molecular formula is C12H12N2O2. The molecule has 0 N–H and O–H groups in total. The van der Waals surface area contributed by atoms with Crippen molar-refractivity contribution in [2.45, 2.75) is 20.3 Å². The molecule has 0 aliphatic carbocycles. The molecule has 2 aromatic heterocycles. The average Bonchev–Trinajstić information content (AvgIpc) is 2.74. The number of furan rings is 1. The second-order valence-corrected chi connectivity index (χ2v) is 3.66. The number of aryl methyl sites for hydroxylation is 2. The molecule has 0 amide bonds. The molecule has 0 aromatic carbocycles. The molecule has 82 valence electrons. The molecule has 0 spiro atoms. The third kappa shape index (κ3) is 2.16. The van der Waals surface area contributed by atoms with Crippen molar-refractivity contribution in [1.82, 2.24) is 10.2 Å². The molecule has 0 bridgehead atoms. The number of carbonyl (C=O) groups excluding carboxylic acids is 1. The number of ketones is 1. The SMILES string of the molecule is Cc1cc(C(=O)Cc2ccco2)c(C)nn1. The molecule has 2 heterocycles. The maximum absolute atomic E-state index is 12.0. The Kier molecular flexibility index (Phi) is 2.81. The number of aromatic nitrogens is 2. The highest BCUT2D eigenvalue weighted by Crippen LogP contribution is 2.11. The van der Waals surface area contributed by atoms with Gasteiger partial charge in [-0.15, -0.1) is 0 Å². The number of hydrogen-bond donors (Lipinski definition) is 0. The minimum atomic E-state index is 0.00505. The first kappa shape index (κ1) is 10.5. The molecule has 2 aromatic rings. The van der Waals surface area contributed by atoms with Crippen LogP contribution in [-0.2, 0) is 6.42 Å². The normalized spacial score (nSPS) is 10.4. The Morgan fingerprint density at radius 2 is 2.19 bits per heavy atom. The van der Waals surface area contributed by atoms with Gasteiger partial charge in [0.2, 0.25) is 0 Å². The molecule has 0 radical (unpaired) electrons. The monoisotopic (exact) mass is 216 g/mol. The first-order chi connectivity index (χ1) is 7.66. The van der Waals surface area contributed by atoms with E-state index in [1.165, 1.54) is 0 Å². The Labute approximate surface area is 93.3 Å². The summed E-state index contributed by atoms with van der Waals surface area (Å²) in [4.78, 5) is 12.0. The lowest BCUT2D eigenvalue weighted by Gasteiger charge is -2.02. The summed E-state index contributed by atoms with van der Waals surface area (Å²) in [5.74, 6) is 0.671. The number of Topliss-reactive ketones (excluding diaryl/α,β-unsaturated/α-hetero) is 1. The van der Waals surface area contributed by atoms with Crippen LogP contribution in [0.2, 0.25) is 0 Å². The zero-order valence-corrected chi connectivity index (χ0v) is 9.23. The van der Waals surface area contributed by atoms with Gasteiger partial charge in [0, 0.05) is 5.56 Å². The molecule has 0 saturated heterocycles. The molecule has 0 saturated carbocycles. The molecular weight excluding hydrogens is 204 g/mol. The zero-order valence-electron chi connectivity index (χ0n) is 9.23. The Balaban J connectivity index is 2.24. The molecule has 0 atom stereocenters. The van der Waals surface area contributed by atoms with Crippen molar-refractivity contribution in [3.8, 4) is 0 Å². The van der Waals surface area contributed by atoms with Crippen molar-refractivity contribution in [1.29, 1.82) is 0 Å². The standard InChI is InChI=1S/C12H12N2O2/c1-8-6-11(9(2)14-13-8)12(15)7-10-4-3-5-16-10/h3-6H,7H2,1-2H3. The van der Waals surface area contributed by atoms with Crippen molar-refractivity contribution in [2.24, 2.45) is 0 Å². The lowest BCUT2D eigenvalue weighted by molar-refractivity contribution is 0.0985.